The van der Waals surface area contributed by atoms with Crippen LogP contribution >= 0.6 is 11.3 Å². The van der Waals surface area contributed by atoms with Crippen molar-refractivity contribution < 1.29 is 9.53 Å². The lowest BCUT2D eigenvalue weighted by molar-refractivity contribution is 0.143. The Bertz CT molecular complexity index is 1270. The lowest BCUT2D eigenvalue weighted by Crippen LogP contribution is -2.26. The van der Waals surface area contributed by atoms with Gasteiger partial charge in [0, 0.05) is 39.9 Å². The van der Waals surface area contributed by atoms with Crippen LogP contribution in [0.5, 0.6) is 0 Å². The molecule has 4 heteroatoms. The summed E-state index contributed by atoms with van der Waals surface area (Å²) in [5, 5.41) is 6.08. The van der Waals surface area contributed by atoms with Gasteiger partial charge in [-0.2, -0.15) is 0 Å². The maximum Gasteiger partial charge on any atom is 0.407 e. The number of nitrogens with one attached hydrogen (secondary N) is 1. The molecule has 1 N–H and O–H groups in total. The van der Waals surface area contributed by atoms with Gasteiger partial charge in [0.05, 0.1) is 0 Å². The fraction of sp³-hybridized carbons (Fsp3) is 0.148. The molecule has 1 aliphatic carbocycles. The van der Waals surface area contributed by atoms with Crippen molar-refractivity contribution in [1.29, 1.82) is 0 Å². The summed E-state index contributed by atoms with van der Waals surface area (Å²) in [4.78, 5) is 12.2. The van der Waals surface area contributed by atoms with E-state index in [1.165, 1.54) is 32.3 Å². The monoisotopic (exact) mass is 423 g/mol. The zero-order valence-corrected chi connectivity index (χ0v) is 17.7. The maximum absolute atomic E-state index is 12.2. The van der Waals surface area contributed by atoms with Crippen molar-refractivity contribution in [2.75, 3.05) is 13.2 Å². The lowest BCUT2D eigenvalue weighted by Gasteiger charge is -2.14. The first-order valence-corrected chi connectivity index (χ1v) is 11.2. The number of amides is 1. The second-order valence-electron chi connectivity index (χ2n) is 7.45. The van der Waals surface area contributed by atoms with Crippen LogP contribution in [-0.4, -0.2) is 19.2 Å². The molecule has 0 saturated carbocycles. The minimum atomic E-state index is -0.398. The topological polar surface area (TPSA) is 38.3 Å². The first-order valence-electron chi connectivity index (χ1n) is 10.4. The Balaban J connectivity index is 1.15. The summed E-state index contributed by atoms with van der Waals surface area (Å²) in [5.41, 5.74) is 5.92. The Morgan fingerprint density at radius 3 is 2.39 bits per heavy atom. The molecule has 0 aliphatic heterocycles. The van der Waals surface area contributed by atoms with Crippen LogP contribution in [0, 0.1) is 11.8 Å². The third-order valence-electron chi connectivity index (χ3n) is 5.57. The Morgan fingerprint density at radius 2 is 1.61 bits per heavy atom. The average Bonchev–Trinajstić information content (AvgIpc) is 3.37. The van der Waals surface area contributed by atoms with Gasteiger partial charge in [0.2, 0.25) is 0 Å². The molecule has 0 bridgehead atoms. The largest absolute Gasteiger partial charge is 0.449 e. The van der Waals surface area contributed by atoms with E-state index in [1.807, 2.05) is 36.4 Å². The summed E-state index contributed by atoms with van der Waals surface area (Å²) in [6.45, 7) is 0.790. The van der Waals surface area contributed by atoms with E-state index >= 15 is 0 Å². The molecule has 0 spiro atoms. The molecule has 5 rings (SSSR count). The van der Waals surface area contributed by atoms with Gasteiger partial charge >= 0.3 is 6.09 Å². The number of carbonyl (C=O) groups is 1. The van der Waals surface area contributed by atoms with Crippen LogP contribution in [0.15, 0.2) is 78.2 Å². The van der Waals surface area contributed by atoms with Crippen molar-refractivity contribution in [1.82, 2.24) is 5.32 Å². The van der Waals surface area contributed by atoms with E-state index < -0.39 is 6.09 Å². The van der Waals surface area contributed by atoms with Crippen LogP contribution in [0.25, 0.3) is 21.2 Å². The number of hydrogen-bond acceptors (Lipinski definition) is 3. The number of benzene rings is 3. The van der Waals surface area contributed by atoms with Gasteiger partial charge in [-0.15, -0.1) is 11.3 Å². The molecular weight excluding hydrogens is 402 g/mol. The summed E-state index contributed by atoms with van der Waals surface area (Å²) in [6.07, 6.45) is 0.179. The highest BCUT2D eigenvalue weighted by atomic mass is 32.1. The first kappa shape index (κ1) is 19.4. The first-order chi connectivity index (χ1) is 15.3. The van der Waals surface area contributed by atoms with Gasteiger partial charge in [-0.1, -0.05) is 78.6 Å². The number of rotatable bonds is 4. The van der Waals surface area contributed by atoms with Gasteiger partial charge in [-0.05, 0) is 28.3 Å². The molecule has 0 saturated heterocycles. The summed E-state index contributed by atoms with van der Waals surface area (Å²) < 4.78 is 6.79. The molecule has 1 amide bonds. The van der Waals surface area contributed by atoms with E-state index in [0.29, 0.717) is 19.6 Å². The van der Waals surface area contributed by atoms with Gasteiger partial charge < -0.3 is 10.1 Å². The van der Waals surface area contributed by atoms with Gasteiger partial charge in [-0.3, -0.25) is 0 Å². The molecule has 152 valence electrons. The molecule has 1 aliphatic rings. The molecule has 1 heterocycles. The van der Waals surface area contributed by atoms with Crippen molar-refractivity contribution in [3.8, 4) is 23.0 Å². The minimum Gasteiger partial charge on any atom is -0.449 e. The number of hydrogen-bond donors (Lipinski definition) is 1. The molecule has 3 aromatic carbocycles. The van der Waals surface area contributed by atoms with Gasteiger partial charge in [0.25, 0.3) is 0 Å². The molecule has 31 heavy (non-hydrogen) atoms. The van der Waals surface area contributed by atoms with Crippen LogP contribution in [0.4, 0.5) is 4.79 Å². The number of ether oxygens (including phenoxy) is 1. The van der Waals surface area contributed by atoms with E-state index in [-0.39, 0.29) is 5.92 Å². The molecule has 0 atom stereocenters. The van der Waals surface area contributed by atoms with Crippen LogP contribution in [-0.2, 0) is 4.74 Å². The molecule has 4 aromatic rings. The van der Waals surface area contributed by atoms with E-state index in [2.05, 4.69) is 58.9 Å². The summed E-state index contributed by atoms with van der Waals surface area (Å²) in [6, 6.07) is 24.9. The Hall–Kier alpha value is -3.55. The SMILES string of the molecule is O=C(NCCC#Cc1csc2ccccc12)OCC1c2ccccc2-c2ccccc21. The highest BCUT2D eigenvalue weighted by molar-refractivity contribution is 7.17. The van der Waals surface area contributed by atoms with E-state index in [0.717, 1.165) is 5.56 Å². The predicted octanol–water partition coefficient (Wildman–Crippen LogP) is 6.18. The van der Waals surface area contributed by atoms with E-state index in [9.17, 15) is 4.79 Å². The van der Waals surface area contributed by atoms with Gasteiger partial charge in [0.15, 0.2) is 0 Å². The van der Waals surface area contributed by atoms with Crippen LogP contribution in [0.1, 0.15) is 29.0 Å². The Morgan fingerprint density at radius 1 is 0.935 bits per heavy atom. The summed E-state index contributed by atoms with van der Waals surface area (Å²) >= 11 is 1.70. The second kappa shape index (κ2) is 8.67. The molecule has 0 radical (unpaired) electrons. The Kier molecular flexibility index (Phi) is 5.43. The van der Waals surface area contributed by atoms with Gasteiger partial charge in [0.1, 0.15) is 6.61 Å². The highest BCUT2D eigenvalue weighted by Gasteiger charge is 2.28. The van der Waals surface area contributed by atoms with Crippen molar-refractivity contribution in [2.24, 2.45) is 0 Å². The fourth-order valence-electron chi connectivity index (χ4n) is 4.11. The zero-order valence-electron chi connectivity index (χ0n) is 16.9. The molecular formula is C27H21NO2S. The third kappa shape index (κ3) is 3.93. The zero-order chi connectivity index (χ0) is 21.0. The number of alkyl carbamates (subject to hydrolysis) is 1. The van der Waals surface area contributed by atoms with Crippen molar-refractivity contribution in [2.45, 2.75) is 12.3 Å². The fourth-order valence-corrected chi connectivity index (χ4v) is 5.00. The molecule has 1 aromatic heterocycles. The molecule has 0 unspecified atom stereocenters. The quantitative estimate of drug-likeness (QED) is 0.314. The highest BCUT2D eigenvalue weighted by Crippen LogP contribution is 2.44. The van der Waals surface area contributed by atoms with Crippen LogP contribution in [0.2, 0.25) is 0 Å². The summed E-state index contributed by atoms with van der Waals surface area (Å²) in [5.74, 6) is 6.43. The lowest BCUT2D eigenvalue weighted by atomic mass is 9.98. The number of fused-ring (bicyclic) bond motifs is 4. The van der Waals surface area contributed by atoms with Gasteiger partial charge in [-0.25, -0.2) is 4.79 Å². The minimum absolute atomic E-state index is 0.0739. The standard InChI is InChI=1S/C27H21NO2S/c29-27(28-16-8-7-9-19-18-31-26-15-6-5-10-20(19)26)30-17-25-23-13-3-1-11-21(23)22-12-2-4-14-24(22)25/h1-6,10-15,18,25H,8,16-17H2,(H,28,29). The van der Waals surface area contributed by atoms with E-state index in [4.69, 9.17) is 4.74 Å². The van der Waals surface area contributed by atoms with E-state index in [1.54, 1.807) is 11.3 Å². The average molecular weight is 424 g/mol. The van der Waals surface area contributed by atoms with Crippen molar-refractivity contribution in [3.05, 3.63) is 94.9 Å². The third-order valence-corrected chi connectivity index (χ3v) is 6.53. The van der Waals surface area contributed by atoms with Crippen molar-refractivity contribution >= 4 is 27.5 Å². The number of carbonyl (C=O) groups excluding carboxylic acids is 1. The second-order valence-corrected chi connectivity index (χ2v) is 8.36. The normalized spacial score (nSPS) is 12.0. The molecule has 3 nitrogen and oxygen atoms in total. The smallest absolute Gasteiger partial charge is 0.407 e. The van der Waals surface area contributed by atoms with Crippen LogP contribution in [0.3, 0.4) is 0 Å². The Labute approximate surface area is 185 Å². The predicted molar refractivity (Wildman–Crippen MR) is 126 cm³/mol. The van der Waals surface area contributed by atoms with Crippen LogP contribution < -0.4 is 5.32 Å². The number of thiophene rings is 1. The van der Waals surface area contributed by atoms with Crippen molar-refractivity contribution in [3.63, 3.8) is 0 Å². The molecule has 0 fully saturated rings. The maximum atomic E-state index is 12.2. The summed E-state index contributed by atoms with van der Waals surface area (Å²) in [7, 11) is 0.